The van der Waals surface area contributed by atoms with Crippen LogP contribution in [-0.2, 0) is 78.5 Å². The maximum atomic E-state index is 7.26. The first kappa shape index (κ1) is 59.1. The Kier molecular flexibility index (Phi) is 28.7. The number of hydrogen-bond donors (Lipinski definition) is 0. The van der Waals surface area contributed by atoms with Gasteiger partial charge in [-0.15, -0.1) is 0 Å². The highest BCUT2D eigenvalue weighted by Crippen LogP contribution is 2.27. The van der Waals surface area contributed by atoms with Gasteiger partial charge in [0.15, 0.2) is 17.4 Å². The topological polar surface area (TPSA) is 175 Å². The van der Waals surface area contributed by atoms with Crippen molar-refractivity contribution >= 4 is 186 Å². The van der Waals surface area contributed by atoms with E-state index in [1.807, 2.05) is 13.1 Å². The van der Waals surface area contributed by atoms with Crippen LogP contribution >= 0.6 is 0 Å². The van der Waals surface area contributed by atoms with Crippen molar-refractivity contribution < 1.29 is 78.5 Å². The van der Waals surface area contributed by atoms with Crippen molar-refractivity contribution in [3.8, 4) is 0 Å². The maximum absolute atomic E-state index is 7.26. The normalized spacial score (nSPS) is 35.9. The van der Waals surface area contributed by atoms with Gasteiger partial charge in [-0.1, -0.05) is 0 Å². The van der Waals surface area contributed by atoms with Gasteiger partial charge in [-0.2, -0.15) is 0 Å². The maximum Gasteiger partial charge on any atom is 0.636 e. The lowest BCUT2D eigenvalue weighted by molar-refractivity contribution is 0.165. The predicted molar refractivity (Wildman–Crippen MR) is 280 cm³/mol. The summed E-state index contributed by atoms with van der Waals surface area (Å²) >= 11 is 0. The van der Waals surface area contributed by atoms with E-state index in [2.05, 4.69) is 78.9 Å². The van der Waals surface area contributed by atoms with E-state index in [4.69, 9.17) is 78.5 Å². The molecule has 0 N–H and O–H groups in total. The highest BCUT2D eigenvalue weighted by atomic mass is 28.5. The Bertz CT molecular complexity index is 1120. The van der Waals surface area contributed by atoms with Gasteiger partial charge in [0.05, 0.1) is 0 Å². The molecule has 4 fully saturated rings. The molecule has 10 radical (unpaired) electrons. The van der Waals surface area contributed by atoms with Crippen molar-refractivity contribution in [1.29, 1.82) is 0 Å². The Hall–Kier alpha value is 3.58. The predicted octanol–water partition coefficient (Wildman–Crippen LogP) is 0.307. The van der Waals surface area contributed by atoms with Crippen molar-refractivity contribution in [2.75, 3.05) is 0 Å². The summed E-state index contributed by atoms with van der Waals surface area (Å²) in [6.45, 7) is 29.4. The molecule has 4 heterocycles. The van der Waals surface area contributed by atoms with Crippen molar-refractivity contribution in [2.45, 2.75) is 153 Å². The fourth-order valence-electron chi connectivity index (χ4n) is 6.71. The molecule has 4 aliphatic heterocycles. The van der Waals surface area contributed by atoms with E-state index in [0.717, 1.165) is 42.3 Å². The molecule has 0 spiro atoms. The first-order valence-electron chi connectivity index (χ1n) is 22.0. The van der Waals surface area contributed by atoms with E-state index in [-0.39, 0.29) is 35.4 Å². The molecule has 4 rings (SSSR count). The third kappa shape index (κ3) is 24.7. The van der Waals surface area contributed by atoms with Gasteiger partial charge in [0.2, 0.25) is 29.3 Å². The molecule has 9 atom stereocenters. The Morgan fingerprint density at radius 3 is 1.16 bits per heavy atom. The van der Waals surface area contributed by atoms with E-state index < -0.39 is 156 Å². The van der Waals surface area contributed by atoms with Crippen molar-refractivity contribution in [3.63, 3.8) is 0 Å². The van der Waals surface area contributed by atoms with Crippen LogP contribution in [0.15, 0.2) is 0 Å². The van der Waals surface area contributed by atoms with Crippen LogP contribution in [0.5, 0.6) is 0 Å². The van der Waals surface area contributed by atoms with Crippen LogP contribution in [-0.4, -0.2) is 192 Å². The minimum atomic E-state index is -3.77. The van der Waals surface area contributed by atoms with Gasteiger partial charge in [0, 0.05) is 6.10 Å². The SMILES string of the molecule is CC1C[SiH](C)O[SiH](C)O[Si](CC[Si]O[Si](O[Si]CC[Si]2O[SiH](C)O[SiH](C)O[SiH](C)O2)(O[Si]CC[Si]2O[SiH](C)O[SiH](C)O[SiH](C)O2)O[Si](C)(C)CC[Si]2O[SiH](C)O[SiH](C)O[SiH](C)O2)O1. The van der Waals surface area contributed by atoms with E-state index >= 15 is 0 Å². The molecule has 0 amide bonds. The zero-order valence-corrected chi connectivity index (χ0v) is 61.3. The summed E-state index contributed by atoms with van der Waals surface area (Å²) in [7, 11) is -31.9. The Morgan fingerprint density at radius 2 is 0.778 bits per heavy atom. The lowest BCUT2D eigenvalue weighted by Crippen LogP contribution is -2.58. The van der Waals surface area contributed by atoms with Gasteiger partial charge in [0.25, 0.3) is 92.8 Å². The molecule has 63 heavy (non-hydrogen) atoms. The van der Waals surface area contributed by atoms with E-state index in [9.17, 15) is 0 Å². The van der Waals surface area contributed by atoms with Crippen LogP contribution in [0.2, 0.25) is 140 Å². The molecular formula is C24H72O19Si20. The van der Waals surface area contributed by atoms with Crippen LogP contribution in [0.1, 0.15) is 6.92 Å². The average molecular weight is 1230 g/mol. The molecule has 0 saturated carbocycles. The van der Waals surface area contributed by atoms with Crippen LogP contribution < -0.4 is 0 Å². The Labute approximate surface area is 413 Å². The van der Waals surface area contributed by atoms with Crippen LogP contribution in [0, 0.1) is 0 Å². The quantitative estimate of drug-likeness (QED) is 0.120. The first-order valence-corrected chi connectivity index (χ1v) is 59.6. The van der Waals surface area contributed by atoms with E-state index in [1.54, 1.807) is 0 Å². The highest BCUT2D eigenvalue weighted by molar-refractivity contribution is 6.84. The van der Waals surface area contributed by atoms with Gasteiger partial charge in [-0.25, -0.2) is 0 Å². The molecular weight excluding hydrogens is 1150 g/mol. The standard InChI is InChI=1S/C24H72O19Si20/c1-24-23-47(2)29-48(3)36-58(25-24)18-15-44-26-63(27-45-16-19-59-37-52(7)30-49(4)31-53(8)38-59,28-46-17-20-60-39-54(9)32-50(5)33-55(10)40-60)43-62(13,14)22-21-61-41-56(11)34-51(6)35-57(12)42-61/h24,47-57H,15-23H2,1-14H3. The molecule has 0 bridgehead atoms. The van der Waals surface area contributed by atoms with Crippen LogP contribution in [0.3, 0.4) is 0 Å². The molecule has 0 aromatic heterocycles. The minimum absolute atomic E-state index is 0.0448. The summed E-state index contributed by atoms with van der Waals surface area (Å²) in [4.78, 5) is 0. The molecule has 39 heteroatoms. The highest BCUT2D eigenvalue weighted by Gasteiger charge is 2.50. The van der Waals surface area contributed by atoms with Gasteiger partial charge in [-0.05, 0) is 146 Å². The zero-order chi connectivity index (χ0) is 46.2. The lowest BCUT2D eigenvalue weighted by Gasteiger charge is -2.37. The Balaban J connectivity index is 1.50. The zero-order valence-electron chi connectivity index (χ0n) is 39.5. The summed E-state index contributed by atoms with van der Waals surface area (Å²) in [5.41, 5.74) is 0. The fraction of sp³-hybridized carbons (Fsp3) is 1.00. The van der Waals surface area contributed by atoms with E-state index in [0.29, 0.717) is 12.1 Å². The largest absolute Gasteiger partial charge is 0.636 e. The molecule has 9 unspecified atom stereocenters. The minimum Gasteiger partial charge on any atom is -0.441 e. The molecule has 4 aliphatic rings. The molecule has 362 valence electrons. The summed E-state index contributed by atoms with van der Waals surface area (Å²) in [5.74, 6) is 0. The third-order valence-electron chi connectivity index (χ3n) is 9.02. The molecule has 19 nitrogen and oxygen atoms in total. The summed E-state index contributed by atoms with van der Waals surface area (Å²) in [6.07, 6.45) is 0.124. The second kappa shape index (κ2) is 30.6. The van der Waals surface area contributed by atoms with Gasteiger partial charge < -0.3 is 78.5 Å². The van der Waals surface area contributed by atoms with Crippen molar-refractivity contribution in [2.24, 2.45) is 0 Å². The van der Waals surface area contributed by atoms with Crippen molar-refractivity contribution in [3.05, 3.63) is 0 Å². The van der Waals surface area contributed by atoms with Gasteiger partial charge in [-0.3, -0.25) is 0 Å². The average Bonchev–Trinajstić information content (AvgIpc) is 3.12. The second-order valence-corrected chi connectivity index (χ2v) is 59.5. The van der Waals surface area contributed by atoms with Crippen LogP contribution in [0.4, 0.5) is 0 Å². The number of hydrogen-bond acceptors (Lipinski definition) is 19. The first-order chi connectivity index (χ1) is 29.7. The smallest absolute Gasteiger partial charge is 0.441 e. The third-order valence-corrected chi connectivity index (χ3v) is 64.8. The van der Waals surface area contributed by atoms with E-state index in [1.165, 1.54) is 0 Å². The molecule has 0 aromatic carbocycles. The summed E-state index contributed by atoms with van der Waals surface area (Å²) in [5, 5.41) is 0. The summed E-state index contributed by atoms with van der Waals surface area (Å²) < 4.78 is 123. The summed E-state index contributed by atoms with van der Waals surface area (Å²) in [6, 6.07) is 6.90. The van der Waals surface area contributed by atoms with Crippen LogP contribution in [0.25, 0.3) is 0 Å². The van der Waals surface area contributed by atoms with Gasteiger partial charge in [0.1, 0.15) is 0 Å². The second-order valence-electron chi connectivity index (χ2n) is 16.0. The molecule has 0 aliphatic carbocycles. The lowest BCUT2D eigenvalue weighted by atomic mass is 10.5. The number of rotatable bonds is 20. The fourth-order valence-corrected chi connectivity index (χ4v) is 64.8. The molecule has 0 aromatic rings. The van der Waals surface area contributed by atoms with Gasteiger partial charge >= 0.3 is 46.2 Å². The molecule has 4 saturated heterocycles. The Morgan fingerprint density at radius 1 is 0.460 bits per heavy atom. The van der Waals surface area contributed by atoms with Crippen molar-refractivity contribution in [1.82, 2.24) is 0 Å². The monoisotopic (exact) mass is 1220 g/mol.